The third-order valence-electron chi connectivity index (χ3n) is 4.52. The molecule has 0 atom stereocenters. The Morgan fingerprint density at radius 1 is 1.14 bits per heavy atom. The maximum atomic E-state index is 5.59. The van der Waals surface area contributed by atoms with Crippen molar-refractivity contribution in [3.63, 3.8) is 0 Å². The molecule has 0 aromatic heterocycles. The standard InChI is InChI=1S/C20H28O/c1-3-5-15-21-16-18-9-13-20(14-10-18)19-11-7-17(6-4-2)8-12-19/h3-5,9-10,13-14,17,19H,2,6-8,11-12,15-16H2,1H3/b5-3+. The molecule has 0 unspecified atom stereocenters. The summed E-state index contributed by atoms with van der Waals surface area (Å²) in [7, 11) is 0. The molecule has 0 radical (unpaired) electrons. The topological polar surface area (TPSA) is 9.23 Å². The fraction of sp³-hybridized carbons (Fsp3) is 0.500. The van der Waals surface area contributed by atoms with E-state index in [4.69, 9.17) is 4.74 Å². The lowest BCUT2D eigenvalue weighted by molar-refractivity contribution is 0.148. The summed E-state index contributed by atoms with van der Waals surface area (Å²) >= 11 is 0. The van der Waals surface area contributed by atoms with Crippen molar-refractivity contribution in [3.05, 3.63) is 60.2 Å². The fourth-order valence-corrected chi connectivity index (χ4v) is 3.19. The van der Waals surface area contributed by atoms with Gasteiger partial charge in [-0.15, -0.1) is 6.58 Å². The highest BCUT2D eigenvalue weighted by Gasteiger charge is 2.21. The van der Waals surface area contributed by atoms with Crippen LogP contribution in [0.1, 0.15) is 56.1 Å². The summed E-state index contributed by atoms with van der Waals surface area (Å²) in [6.45, 7) is 7.28. The minimum Gasteiger partial charge on any atom is -0.373 e. The molecule has 0 N–H and O–H groups in total. The van der Waals surface area contributed by atoms with Gasteiger partial charge in [0.05, 0.1) is 13.2 Å². The van der Waals surface area contributed by atoms with Crippen LogP contribution in [-0.2, 0) is 11.3 Å². The molecule has 1 aliphatic carbocycles. The van der Waals surface area contributed by atoms with Crippen molar-refractivity contribution < 1.29 is 4.74 Å². The van der Waals surface area contributed by atoms with Gasteiger partial charge >= 0.3 is 0 Å². The van der Waals surface area contributed by atoms with Crippen LogP contribution >= 0.6 is 0 Å². The maximum Gasteiger partial charge on any atom is 0.0721 e. The second kappa shape index (κ2) is 8.84. The molecule has 1 nitrogen and oxygen atoms in total. The van der Waals surface area contributed by atoms with Crippen molar-refractivity contribution >= 4 is 0 Å². The quantitative estimate of drug-likeness (QED) is 0.466. The Morgan fingerprint density at radius 3 is 2.48 bits per heavy atom. The number of benzene rings is 1. The van der Waals surface area contributed by atoms with Crippen LogP contribution in [0.5, 0.6) is 0 Å². The number of hydrogen-bond acceptors (Lipinski definition) is 1. The fourth-order valence-electron chi connectivity index (χ4n) is 3.19. The molecule has 0 amide bonds. The van der Waals surface area contributed by atoms with E-state index >= 15 is 0 Å². The first-order valence-corrected chi connectivity index (χ1v) is 8.22. The van der Waals surface area contributed by atoms with Gasteiger partial charge in [0.25, 0.3) is 0 Å². The van der Waals surface area contributed by atoms with Crippen molar-refractivity contribution in [3.8, 4) is 0 Å². The molecule has 1 fully saturated rings. The lowest BCUT2D eigenvalue weighted by Crippen LogP contribution is -2.12. The third-order valence-corrected chi connectivity index (χ3v) is 4.52. The number of rotatable bonds is 7. The van der Waals surface area contributed by atoms with E-state index in [-0.39, 0.29) is 0 Å². The van der Waals surface area contributed by atoms with Gasteiger partial charge in [-0.05, 0) is 62.0 Å². The molecule has 0 heterocycles. The molecule has 1 aliphatic rings. The minimum absolute atomic E-state index is 0.700. The Kier molecular flexibility index (Phi) is 6.75. The summed E-state index contributed by atoms with van der Waals surface area (Å²) in [6, 6.07) is 9.04. The van der Waals surface area contributed by atoms with Crippen molar-refractivity contribution in [2.24, 2.45) is 5.92 Å². The zero-order valence-corrected chi connectivity index (χ0v) is 13.3. The van der Waals surface area contributed by atoms with Gasteiger partial charge in [0.2, 0.25) is 0 Å². The first-order valence-electron chi connectivity index (χ1n) is 8.22. The first-order chi connectivity index (χ1) is 10.3. The van der Waals surface area contributed by atoms with Gasteiger partial charge in [0.1, 0.15) is 0 Å². The summed E-state index contributed by atoms with van der Waals surface area (Å²) in [5.74, 6) is 1.63. The van der Waals surface area contributed by atoms with E-state index in [1.165, 1.54) is 43.2 Å². The van der Waals surface area contributed by atoms with E-state index in [0.29, 0.717) is 13.2 Å². The van der Waals surface area contributed by atoms with Crippen molar-refractivity contribution in [1.29, 1.82) is 0 Å². The monoisotopic (exact) mass is 284 g/mol. The average molecular weight is 284 g/mol. The largest absolute Gasteiger partial charge is 0.373 e. The highest BCUT2D eigenvalue weighted by Crippen LogP contribution is 2.37. The zero-order chi connectivity index (χ0) is 14.9. The second-order valence-electron chi connectivity index (χ2n) is 6.07. The predicted molar refractivity (Wildman–Crippen MR) is 90.4 cm³/mol. The molecule has 1 saturated carbocycles. The summed E-state index contributed by atoms with van der Waals surface area (Å²) in [5, 5.41) is 0. The van der Waals surface area contributed by atoms with Gasteiger partial charge < -0.3 is 4.74 Å². The van der Waals surface area contributed by atoms with E-state index in [1.54, 1.807) is 0 Å². The van der Waals surface area contributed by atoms with Crippen LogP contribution in [0.15, 0.2) is 49.1 Å². The Labute approximate surface area is 129 Å². The summed E-state index contributed by atoms with van der Waals surface area (Å²) in [4.78, 5) is 0. The molecule has 1 aromatic carbocycles. The van der Waals surface area contributed by atoms with Gasteiger partial charge in [-0.1, -0.05) is 42.5 Å². The zero-order valence-electron chi connectivity index (χ0n) is 13.3. The van der Waals surface area contributed by atoms with Gasteiger partial charge in [-0.3, -0.25) is 0 Å². The van der Waals surface area contributed by atoms with Crippen LogP contribution < -0.4 is 0 Å². The van der Waals surface area contributed by atoms with Crippen LogP contribution in [0, 0.1) is 5.92 Å². The molecular weight excluding hydrogens is 256 g/mol. The average Bonchev–Trinajstić information content (AvgIpc) is 2.53. The number of allylic oxidation sites excluding steroid dienone is 2. The van der Waals surface area contributed by atoms with Crippen molar-refractivity contribution in [2.75, 3.05) is 6.61 Å². The lowest BCUT2D eigenvalue weighted by atomic mass is 9.77. The summed E-state index contributed by atoms with van der Waals surface area (Å²) in [5.41, 5.74) is 2.77. The number of hydrogen-bond donors (Lipinski definition) is 0. The third kappa shape index (κ3) is 5.17. The minimum atomic E-state index is 0.700. The van der Waals surface area contributed by atoms with Gasteiger partial charge in [0, 0.05) is 0 Å². The van der Waals surface area contributed by atoms with E-state index in [1.807, 2.05) is 19.1 Å². The van der Waals surface area contributed by atoms with E-state index < -0.39 is 0 Å². The maximum absolute atomic E-state index is 5.59. The Hall–Kier alpha value is -1.34. The predicted octanol–water partition coefficient (Wildman–Crippen LogP) is 5.63. The Balaban J connectivity index is 1.81. The van der Waals surface area contributed by atoms with Crippen LogP contribution in [0.25, 0.3) is 0 Å². The van der Waals surface area contributed by atoms with Gasteiger partial charge in [0.15, 0.2) is 0 Å². The molecule has 2 rings (SSSR count). The van der Waals surface area contributed by atoms with Crippen LogP contribution in [0.3, 0.4) is 0 Å². The smallest absolute Gasteiger partial charge is 0.0721 e. The van der Waals surface area contributed by atoms with E-state index in [9.17, 15) is 0 Å². The first kappa shape index (κ1) is 16.0. The molecule has 21 heavy (non-hydrogen) atoms. The molecule has 1 aromatic rings. The van der Waals surface area contributed by atoms with Crippen LogP contribution in [0.2, 0.25) is 0 Å². The Bertz CT molecular complexity index is 435. The molecule has 0 aliphatic heterocycles. The van der Waals surface area contributed by atoms with Crippen LogP contribution in [-0.4, -0.2) is 6.61 Å². The highest BCUT2D eigenvalue weighted by molar-refractivity contribution is 5.25. The molecule has 0 spiro atoms. The molecular formula is C20H28O. The van der Waals surface area contributed by atoms with Gasteiger partial charge in [-0.25, -0.2) is 0 Å². The van der Waals surface area contributed by atoms with Crippen LogP contribution in [0.4, 0.5) is 0 Å². The van der Waals surface area contributed by atoms with Crippen molar-refractivity contribution in [2.45, 2.75) is 51.6 Å². The SMILES string of the molecule is C=CCC1CCC(c2ccc(COC/C=C/C)cc2)CC1. The van der Waals surface area contributed by atoms with E-state index in [0.717, 1.165) is 11.8 Å². The number of ether oxygens (including phenoxy) is 1. The summed E-state index contributed by atoms with van der Waals surface area (Å²) < 4.78 is 5.59. The van der Waals surface area contributed by atoms with E-state index in [2.05, 4.69) is 36.9 Å². The molecule has 0 bridgehead atoms. The molecule has 114 valence electrons. The second-order valence-corrected chi connectivity index (χ2v) is 6.07. The molecule has 1 heteroatoms. The lowest BCUT2D eigenvalue weighted by Gasteiger charge is -2.28. The van der Waals surface area contributed by atoms with Crippen molar-refractivity contribution in [1.82, 2.24) is 0 Å². The highest BCUT2D eigenvalue weighted by atomic mass is 16.5. The normalized spacial score (nSPS) is 22.5. The summed E-state index contributed by atoms with van der Waals surface area (Å²) in [6.07, 6.45) is 12.7. The Morgan fingerprint density at radius 2 is 1.86 bits per heavy atom. The van der Waals surface area contributed by atoms with Gasteiger partial charge in [-0.2, -0.15) is 0 Å². The molecule has 0 saturated heterocycles.